The number of benzene rings is 1. The van der Waals surface area contributed by atoms with E-state index in [1.807, 2.05) is 19.9 Å². The number of nitrogens with one attached hydrogen (secondary N) is 1. The number of halogens is 1. The minimum Gasteiger partial charge on any atom is -0.371 e. The molecule has 104 valence electrons. The van der Waals surface area contributed by atoms with E-state index in [9.17, 15) is 4.79 Å². The first-order valence-corrected chi connectivity index (χ1v) is 7.66. The second-order valence-corrected chi connectivity index (χ2v) is 6.32. The van der Waals surface area contributed by atoms with Crippen LogP contribution in [-0.4, -0.2) is 25.0 Å². The van der Waals surface area contributed by atoms with E-state index in [-0.39, 0.29) is 17.9 Å². The van der Waals surface area contributed by atoms with Gasteiger partial charge in [-0.3, -0.25) is 4.79 Å². The van der Waals surface area contributed by atoms with Crippen molar-refractivity contribution in [3.05, 3.63) is 28.7 Å². The number of carbonyl (C=O) groups excluding carboxylic acids is 1. The van der Waals surface area contributed by atoms with E-state index < -0.39 is 0 Å². The molecule has 4 heteroatoms. The monoisotopic (exact) mass is 324 g/mol. The Kier molecular flexibility index (Phi) is 4.86. The van der Waals surface area contributed by atoms with Crippen molar-refractivity contribution < 1.29 is 4.79 Å². The van der Waals surface area contributed by atoms with Gasteiger partial charge in [0.1, 0.15) is 0 Å². The predicted molar refractivity (Wildman–Crippen MR) is 82.4 cm³/mol. The van der Waals surface area contributed by atoms with Crippen molar-refractivity contribution in [1.29, 1.82) is 0 Å². The molecule has 0 saturated carbocycles. The van der Waals surface area contributed by atoms with Crippen LogP contribution in [0, 0.1) is 5.92 Å². The van der Waals surface area contributed by atoms with Crippen LogP contribution in [0.15, 0.2) is 28.7 Å². The molecule has 0 unspecified atom stereocenters. The standard InChI is InChI=1S/C15H21BrN2O/c1-11(2)17-15(19)12-6-8-18(9-7-12)14-5-3-4-13(16)10-14/h3-5,10-12H,6-9H2,1-2H3,(H,17,19). The quantitative estimate of drug-likeness (QED) is 0.926. The Balaban J connectivity index is 1.90. The van der Waals surface area contributed by atoms with Crippen LogP contribution in [0.4, 0.5) is 5.69 Å². The zero-order chi connectivity index (χ0) is 13.8. The summed E-state index contributed by atoms with van der Waals surface area (Å²) in [5.41, 5.74) is 1.23. The van der Waals surface area contributed by atoms with Gasteiger partial charge < -0.3 is 10.2 Å². The Labute approximate surface area is 123 Å². The van der Waals surface area contributed by atoms with E-state index in [1.165, 1.54) is 5.69 Å². The number of rotatable bonds is 3. The fourth-order valence-corrected chi connectivity index (χ4v) is 2.86. The van der Waals surface area contributed by atoms with Gasteiger partial charge in [-0.1, -0.05) is 22.0 Å². The first-order valence-electron chi connectivity index (χ1n) is 6.87. The van der Waals surface area contributed by atoms with E-state index in [0.717, 1.165) is 30.4 Å². The molecule has 1 N–H and O–H groups in total. The first-order chi connectivity index (χ1) is 9.06. The summed E-state index contributed by atoms with van der Waals surface area (Å²) < 4.78 is 1.10. The molecule has 0 aromatic heterocycles. The molecule has 3 nitrogen and oxygen atoms in total. The van der Waals surface area contributed by atoms with Crippen LogP contribution in [0.25, 0.3) is 0 Å². The molecular formula is C15H21BrN2O. The molecule has 0 aliphatic carbocycles. The number of carbonyl (C=O) groups is 1. The lowest BCUT2D eigenvalue weighted by atomic mass is 9.95. The number of anilines is 1. The van der Waals surface area contributed by atoms with Crippen LogP contribution >= 0.6 is 15.9 Å². The topological polar surface area (TPSA) is 32.3 Å². The van der Waals surface area contributed by atoms with Gasteiger partial charge in [-0.05, 0) is 44.9 Å². The minimum absolute atomic E-state index is 0.172. The predicted octanol–water partition coefficient (Wildman–Crippen LogP) is 3.19. The molecule has 0 radical (unpaired) electrons. The highest BCUT2D eigenvalue weighted by Crippen LogP contribution is 2.25. The number of hydrogen-bond acceptors (Lipinski definition) is 2. The molecule has 1 aromatic rings. The summed E-state index contributed by atoms with van der Waals surface area (Å²) in [7, 11) is 0. The molecular weight excluding hydrogens is 304 g/mol. The van der Waals surface area contributed by atoms with Gasteiger partial charge in [0.05, 0.1) is 0 Å². The highest BCUT2D eigenvalue weighted by molar-refractivity contribution is 9.10. The van der Waals surface area contributed by atoms with Crippen LogP contribution in [0.2, 0.25) is 0 Å². The van der Waals surface area contributed by atoms with Gasteiger partial charge >= 0.3 is 0 Å². The van der Waals surface area contributed by atoms with Gasteiger partial charge in [-0.25, -0.2) is 0 Å². The van der Waals surface area contributed by atoms with Gasteiger partial charge in [0, 0.05) is 35.2 Å². The molecule has 0 atom stereocenters. The molecule has 19 heavy (non-hydrogen) atoms. The summed E-state index contributed by atoms with van der Waals surface area (Å²) in [6.45, 7) is 5.92. The van der Waals surface area contributed by atoms with E-state index in [1.54, 1.807) is 0 Å². The Hall–Kier alpha value is -1.03. The number of hydrogen-bond donors (Lipinski definition) is 1. The molecule has 0 bridgehead atoms. The molecule has 0 spiro atoms. The van der Waals surface area contributed by atoms with Gasteiger partial charge in [0.15, 0.2) is 0 Å². The van der Waals surface area contributed by atoms with Crippen LogP contribution in [0.1, 0.15) is 26.7 Å². The van der Waals surface area contributed by atoms with Crippen molar-refractivity contribution >= 4 is 27.5 Å². The smallest absolute Gasteiger partial charge is 0.223 e. The Morgan fingerprint density at radius 3 is 2.63 bits per heavy atom. The van der Waals surface area contributed by atoms with Crippen molar-refractivity contribution in [2.24, 2.45) is 5.92 Å². The molecule has 1 aliphatic rings. The largest absolute Gasteiger partial charge is 0.371 e. The summed E-state index contributed by atoms with van der Waals surface area (Å²) in [5.74, 6) is 0.384. The molecule has 1 aromatic carbocycles. The minimum atomic E-state index is 0.172. The molecule has 1 saturated heterocycles. The summed E-state index contributed by atoms with van der Waals surface area (Å²) in [6, 6.07) is 8.58. The summed E-state index contributed by atoms with van der Waals surface area (Å²) in [5, 5.41) is 3.01. The van der Waals surface area contributed by atoms with E-state index in [2.05, 4.69) is 44.3 Å². The van der Waals surface area contributed by atoms with Gasteiger partial charge in [0.25, 0.3) is 0 Å². The average Bonchev–Trinajstić information content (AvgIpc) is 2.38. The van der Waals surface area contributed by atoms with Gasteiger partial charge in [0.2, 0.25) is 5.91 Å². The lowest BCUT2D eigenvalue weighted by Gasteiger charge is -2.33. The van der Waals surface area contributed by atoms with Crippen molar-refractivity contribution in [2.75, 3.05) is 18.0 Å². The lowest BCUT2D eigenvalue weighted by Crippen LogP contribution is -2.42. The maximum absolute atomic E-state index is 12.0. The van der Waals surface area contributed by atoms with Crippen LogP contribution in [0.3, 0.4) is 0 Å². The molecule has 1 amide bonds. The van der Waals surface area contributed by atoms with Crippen molar-refractivity contribution in [3.8, 4) is 0 Å². The zero-order valence-corrected chi connectivity index (χ0v) is 13.1. The highest BCUT2D eigenvalue weighted by atomic mass is 79.9. The summed E-state index contributed by atoms with van der Waals surface area (Å²) in [4.78, 5) is 14.3. The third kappa shape index (κ3) is 3.96. The van der Waals surface area contributed by atoms with Crippen molar-refractivity contribution in [2.45, 2.75) is 32.7 Å². The van der Waals surface area contributed by atoms with Crippen LogP contribution in [0.5, 0.6) is 0 Å². The fraction of sp³-hybridized carbons (Fsp3) is 0.533. The maximum Gasteiger partial charge on any atom is 0.223 e. The van der Waals surface area contributed by atoms with Crippen molar-refractivity contribution in [3.63, 3.8) is 0 Å². The maximum atomic E-state index is 12.0. The Bertz CT molecular complexity index is 440. The normalized spacial score (nSPS) is 16.7. The summed E-state index contributed by atoms with van der Waals surface area (Å²) >= 11 is 3.50. The Morgan fingerprint density at radius 2 is 2.05 bits per heavy atom. The fourth-order valence-electron chi connectivity index (χ4n) is 2.48. The van der Waals surface area contributed by atoms with Crippen LogP contribution in [-0.2, 0) is 4.79 Å². The SMILES string of the molecule is CC(C)NC(=O)C1CCN(c2cccc(Br)c2)CC1. The van der Waals surface area contributed by atoms with E-state index in [0.29, 0.717) is 0 Å². The third-order valence-electron chi connectivity index (χ3n) is 3.47. The van der Waals surface area contributed by atoms with Gasteiger partial charge in [-0.2, -0.15) is 0 Å². The molecule has 2 rings (SSSR count). The summed E-state index contributed by atoms with van der Waals surface area (Å²) in [6.07, 6.45) is 1.87. The third-order valence-corrected chi connectivity index (χ3v) is 3.96. The average molecular weight is 325 g/mol. The lowest BCUT2D eigenvalue weighted by molar-refractivity contribution is -0.126. The van der Waals surface area contributed by atoms with E-state index in [4.69, 9.17) is 0 Å². The van der Waals surface area contributed by atoms with Gasteiger partial charge in [-0.15, -0.1) is 0 Å². The zero-order valence-electron chi connectivity index (χ0n) is 11.5. The Morgan fingerprint density at radius 1 is 1.37 bits per heavy atom. The number of piperidine rings is 1. The van der Waals surface area contributed by atoms with Crippen molar-refractivity contribution in [1.82, 2.24) is 5.32 Å². The second-order valence-electron chi connectivity index (χ2n) is 5.40. The molecule has 1 aliphatic heterocycles. The highest BCUT2D eigenvalue weighted by Gasteiger charge is 2.25. The molecule has 1 fully saturated rings. The number of nitrogens with zero attached hydrogens (tertiary/aromatic N) is 1. The van der Waals surface area contributed by atoms with E-state index >= 15 is 0 Å². The van der Waals surface area contributed by atoms with Crippen LogP contribution < -0.4 is 10.2 Å². The molecule has 1 heterocycles. The second kappa shape index (κ2) is 6.42. The first kappa shape index (κ1) is 14.4. The number of amides is 1.